The van der Waals surface area contributed by atoms with Crippen molar-refractivity contribution in [2.75, 3.05) is 5.32 Å². The molecule has 6 nitrogen and oxygen atoms in total. The molecule has 4 unspecified atom stereocenters. The topological polar surface area (TPSA) is 79.6 Å². The largest absolute Gasteiger partial charge is 0.461 e. The first kappa shape index (κ1) is 21.6. The molecule has 3 aliphatic heterocycles. The van der Waals surface area contributed by atoms with Gasteiger partial charge < -0.3 is 14.6 Å². The van der Waals surface area contributed by atoms with Crippen LogP contribution in [0.2, 0.25) is 0 Å². The summed E-state index contributed by atoms with van der Waals surface area (Å²) in [6.45, 7) is 0. The summed E-state index contributed by atoms with van der Waals surface area (Å²) in [4.78, 5) is 44.8. The summed E-state index contributed by atoms with van der Waals surface area (Å²) in [7, 11) is 0. The van der Waals surface area contributed by atoms with Crippen LogP contribution in [-0.2, 0) is 10.2 Å². The van der Waals surface area contributed by atoms with Crippen LogP contribution in [-0.4, -0.2) is 28.4 Å². The summed E-state index contributed by atoms with van der Waals surface area (Å²) in [6.07, 6.45) is 5.25. The third kappa shape index (κ3) is 2.84. The smallest absolute Gasteiger partial charge is 0.238 e. The highest BCUT2D eigenvalue weighted by Crippen LogP contribution is 2.62. The van der Waals surface area contributed by atoms with Gasteiger partial charge in [0, 0.05) is 17.5 Å². The minimum absolute atomic E-state index is 0.129. The van der Waals surface area contributed by atoms with Crippen molar-refractivity contribution in [2.24, 2.45) is 5.92 Å². The molecule has 0 saturated carbocycles. The van der Waals surface area contributed by atoms with E-state index in [1.807, 2.05) is 71.8 Å². The first-order chi connectivity index (χ1) is 18.1. The van der Waals surface area contributed by atoms with E-state index in [9.17, 15) is 14.4 Å². The molecule has 4 aromatic rings. The number of carbonyl (C=O) groups excluding carboxylic acids is 3. The number of Topliss-reactive ketones (excluding diaryl/α,β-unsaturated/α-hetero) is 2. The van der Waals surface area contributed by atoms with Crippen LogP contribution in [0.4, 0.5) is 5.69 Å². The summed E-state index contributed by atoms with van der Waals surface area (Å²) in [6, 6.07) is 26.0. The maximum Gasteiger partial charge on any atom is 0.238 e. The molecule has 4 atom stereocenters. The Hall–Kier alpha value is -4.71. The number of hydrogen-bond acceptors (Lipinski definition) is 5. The maximum absolute atomic E-state index is 14.3. The highest BCUT2D eigenvalue weighted by Gasteiger charge is 2.71. The first-order valence-corrected chi connectivity index (χ1v) is 12.2. The van der Waals surface area contributed by atoms with Crippen molar-refractivity contribution in [3.63, 3.8) is 0 Å². The van der Waals surface area contributed by atoms with E-state index in [-0.39, 0.29) is 23.2 Å². The zero-order valence-corrected chi connectivity index (χ0v) is 19.7. The fourth-order valence-electron chi connectivity index (χ4n) is 6.51. The molecule has 0 bridgehead atoms. The third-order valence-electron chi connectivity index (χ3n) is 7.94. The van der Waals surface area contributed by atoms with Crippen molar-refractivity contribution in [1.82, 2.24) is 4.90 Å². The molecule has 7 rings (SSSR count). The normalized spacial score (nSPS) is 24.9. The Morgan fingerprint density at radius 1 is 0.838 bits per heavy atom. The molecule has 1 spiro atoms. The number of amides is 1. The van der Waals surface area contributed by atoms with Gasteiger partial charge in [0.15, 0.2) is 11.5 Å². The molecule has 37 heavy (non-hydrogen) atoms. The van der Waals surface area contributed by atoms with Crippen molar-refractivity contribution in [3.8, 4) is 0 Å². The molecule has 3 aliphatic rings. The number of rotatable bonds is 4. The lowest BCUT2D eigenvalue weighted by molar-refractivity contribution is -0.122. The fraction of sp³-hybridized carbons (Fsp3) is 0.129. The van der Waals surface area contributed by atoms with Gasteiger partial charge in [-0.3, -0.25) is 14.4 Å². The highest BCUT2D eigenvalue weighted by molar-refractivity contribution is 6.16. The second-order valence-electron chi connectivity index (χ2n) is 9.66. The maximum atomic E-state index is 14.3. The summed E-state index contributed by atoms with van der Waals surface area (Å²) >= 11 is 0. The molecule has 1 fully saturated rings. The highest BCUT2D eigenvalue weighted by atomic mass is 16.3. The lowest BCUT2D eigenvalue weighted by atomic mass is 9.63. The molecule has 1 saturated heterocycles. The van der Waals surface area contributed by atoms with Crippen molar-refractivity contribution in [1.29, 1.82) is 0 Å². The van der Waals surface area contributed by atoms with Crippen LogP contribution in [0.15, 0.2) is 108 Å². The molecule has 1 amide bonds. The summed E-state index contributed by atoms with van der Waals surface area (Å²) in [5.74, 6) is -1.78. The number of carbonyl (C=O) groups is 3. The number of furan rings is 1. The Morgan fingerprint density at radius 2 is 1.59 bits per heavy atom. The van der Waals surface area contributed by atoms with Gasteiger partial charge >= 0.3 is 0 Å². The second-order valence-corrected chi connectivity index (χ2v) is 9.66. The Kier molecular flexibility index (Phi) is 4.60. The number of ketones is 2. The Labute approximate surface area is 213 Å². The van der Waals surface area contributed by atoms with E-state index in [1.165, 1.54) is 6.26 Å². The summed E-state index contributed by atoms with van der Waals surface area (Å²) < 4.78 is 5.56. The number of anilines is 1. The van der Waals surface area contributed by atoms with E-state index in [0.29, 0.717) is 16.8 Å². The zero-order chi connectivity index (χ0) is 25.1. The molecular formula is C31H22N2O4. The fourth-order valence-corrected chi connectivity index (χ4v) is 6.51. The van der Waals surface area contributed by atoms with E-state index in [0.717, 1.165) is 11.1 Å². The van der Waals surface area contributed by atoms with Crippen LogP contribution in [0, 0.1) is 5.92 Å². The second kappa shape index (κ2) is 7.90. The number of fused-ring (bicyclic) bond motifs is 6. The van der Waals surface area contributed by atoms with Crippen LogP contribution in [0.25, 0.3) is 6.08 Å². The van der Waals surface area contributed by atoms with Crippen LogP contribution in [0.1, 0.15) is 43.6 Å². The third-order valence-corrected chi connectivity index (χ3v) is 7.94. The average molecular weight is 487 g/mol. The van der Waals surface area contributed by atoms with Gasteiger partial charge in [0.1, 0.15) is 11.5 Å². The van der Waals surface area contributed by atoms with E-state index < -0.39 is 23.4 Å². The predicted molar refractivity (Wildman–Crippen MR) is 138 cm³/mol. The lowest BCUT2D eigenvalue weighted by Crippen LogP contribution is -2.49. The Morgan fingerprint density at radius 3 is 2.41 bits per heavy atom. The SMILES string of the molecule is O=C(c1ccccc1)C1C(C(=O)c2ccco2)C2(C(=O)Nc3ccccc32)C2c3ccccc3C=CN12. The number of hydrogen-bond donors (Lipinski definition) is 1. The van der Waals surface area contributed by atoms with Crippen molar-refractivity contribution in [3.05, 3.63) is 131 Å². The number of nitrogens with one attached hydrogen (secondary N) is 1. The van der Waals surface area contributed by atoms with E-state index in [2.05, 4.69) is 5.32 Å². The number of nitrogens with zero attached hydrogens (tertiary/aromatic N) is 1. The van der Waals surface area contributed by atoms with Gasteiger partial charge in [-0.05, 0) is 41.0 Å². The van der Waals surface area contributed by atoms with Gasteiger partial charge in [-0.15, -0.1) is 0 Å². The molecule has 1 aromatic heterocycles. The van der Waals surface area contributed by atoms with E-state index in [4.69, 9.17) is 4.42 Å². The van der Waals surface area contributed by atoms with Crippen molar-refractivity contribution in [2.45, 2.75) is 17.5 Å². The standard InChI is InChI=1S/C31H22N2O4/c34-27(20-10-2-1-3-11-20)26-25(28(35)24-15-8-18-37-24)31(22-13-6-7-14-23(22)32-30(31)36)29-21-12-5-4-9-19(21)16-17-33(26)29/h1-18,25-26,29H,(H,32,36). The van der Waals surface area contributed by atoms with Gasteiger partial charge in [0.2, 0.25) is 11.7 Å². The van der Waals surface area contributed by atoms with Crippen LogP contribution in [0.3, 0.4) is 0 Å². The monoisotopic (exact) mass is 486 g/mol. The van der Waals surface area contributed by atoms with Gasteiger partial charge in [0.25, 0.3) is 0 Å². The van der Waals surface area contributed by atoms with E-state index in [1.54, 1.807) is 36.4 Å². The summed E-state index contributed by atoms with van der Waals surface area (Å²) in [5.41, 5.74) is 2.36. The van der Waals surface area contributed by atoms with Crippen molar-refractivity contribution < 1.29 is 18.8 Å². The number of benzene rings is 3. The molecule has 4 heterocycles. The number of para-hydroxylation sites is 1. The average Bonchev–Trinajstić information content (AvgIpc) is 3.65. The van der Waals surface area contributed by atoms with Gasteiger partial charge in [-0.2, -0.15) is 0 Å². The Bertz CT molecular complexity index is 1590. The predicted octanol–water partition coefficient (Wildman–Crippen LogP) is 5.26. The molecule has 0 aliphatic carbocycles. The molecule has 1 N–H and O–H groups in total. The van der Waals surface area contributed by atoms with Crippen molar-refractivity contribution >= 4 is 29.2 Å². The van der Waals surface area contributed by atoms with Crippen LogP contribution >= 0.6 is 0 Å². The van der Waals surface area contributed by atoms with E-state index >= 15 is 0 Å². The lowest BCUT2D eigenvalue weighted by Gasteiger charge is -2.38. The molecule has 6 heteroatoms. The summed E-state index contributed by atoms with van der Waals surface area (Å²) in [5, 5.41) is 3.04. The van der Waals surface area contributed by atoms with Gasteiger partial charge in [-0.1, -0.05) is 72.8 Å². The van der Waals surface area contributed by atoms with Gasteiger partial charge in [-0.25, -0.2) is 0 Å². The molecule has 180 valence electrons. The van der Waals surface area contributed by atoms with Crippen LogP contribution < -0.4 is 5.32 Å². The quantitative estimate of drug-likeness (QED) is 0.398. The molecule has 3 aromatic carbocycles. The first-order valence-electron chi connectivity index (χ1n) is 12.2. The Balaban J connectivity index is 1.55. The van der Waals surface area contributed by atoms with Gasteiger partial charge in [0.05, 0.1) is 18.2 Å². The zero-order valence-electron chi connectivity index (χ0n) is 19.7. The molecule has 0 radical (unpaired) electrons. The minimum Gasteiger partial charge on any atom is -0.461 e. The minimum atomic E-state index is -1.35. The van der Waals surface area contributed by atoms with Crippen LogP contribution in [0.5, 0.6) is 0 Å². The molecular weight excluding hydrogens is 464 g/mol.